The first-order chi connectivity index (χ1) is 7.61. The normalized spacial score (nSPS) is 13.0. The van der Waals surface area contributed by atoms with Crippen LogP contribution >= 0.6 is 0 Å². The SMILES string of the molecule is CC=Nc1ncnc(C(C)=O)c1C(C)CC. The van der Waals surface area contributed by atoms with Gasteiger partial charge in [-0.25, -0.2) is 15.0 Å². The van der Waals surface area contributed by atoms with Gasteiger partial charge in [-0.15, -0.1) is 0 Å². The molecule has 1 aromatic rings. The lowest BCUT2D eigenvalue weighted by Crippen LogP contribution is -2.07. The van der Waals surface area contributed by atoms with E-state index in [2.05, 4.69) is 28.8 Å². The van der Waals surface area contributed by atoms with E-state index in [1.807, 2.05) is 6.92 Å². The predicted octanol–water partition coefficient (Wildman–Crippen LogP) is 2.91. The van der Waals surface area contributed by atoms with Crippen molar-refractivity contribution in [2.24, 2.45) is 4.99 Å². The van der Waals surface area contributed by atoms with E-state index in [9.17, 15) is 4.79 Å². The van der Waals surface area contributed by atoms with Gasteiger partial charge in [-0.2, -0.15) is 0 Å². The largest absolute Gasteiger partial charge is 0.293 e. The topological polar surface area (TPSA) is 55.2 Å². The zero-order chi connectivity index (χ0) is 12.1. The van der Waals surface area contributed by atoms with Gasteiger partial charge in [0.05, 0.1) is 0 Å². The number of rotatable bonds is 4. The Kier molecular flexibility index (Phi) is 4.28. The van der Waals surface area contributed by atoms with Gasteiger partial charge in [-0.1, -0.05) is 13.8 Å². The van der Waals surface area contributed by atoms with Gasteiger partial charge in [0.25, 0.3) is 0 Å². The average Bonchev–Trinajstić information content (AvgIpc) is 2.28. The Morgan fingerprint density at radius 3 is 2.75 bits per heavy atom. The van der Waals surface area contributed by atoms with E-state index in [0.29, 0.717) is 11.5 Å². The van der Waals surface area contributed by atoms with Gasteiger partial charge in [0.2, 0.25) is 0 Å². The van der Waals surface area contributed by atoms with Crippen LogP contribution < -0.4 is 0 Å². The smallest absolute Gasteiger partial charge is 0.178 e. The monoisotopic (exact) mass is 219 g/mol. The second kappa shape index (κ2) is 5.49. The molecule has 0 radical (unpaired) electrons. The second-order valence-electron chi connectivity index (χ2n) is 3.71. The average molecular weight is 219 g/mol. The highest BCUT2D eigenvalue weighted by Crippen LogP contribution is 2.29. The second-order valence-corrected chi connectivity index (χ2v) is 3.71. The molecule has 0 spiro atoms. The van der Waals surface area contributed by atoms with Crippen molar-refractivity contribution in [3.8, 4) is 0 Å². The predicted molar refractivity (Wildman–Crippen MR) is 64.6 cm³/mol. The summed E-state index contributed by atoms with van der Waals surface area (Å²) in [7, 11) is 0. The Morgan fingerprint density at radius 2 is 2.25 bits per heavy atom. The minimum absolute atomic E-state index is 0.0368. The minimum Gasteiger partial charge on any atom is -0.293 e. The summed E-state index contributed by atoms with van der Waals surface area (Å²) < 4.78 is 0. The standard InChI is InChI=1S/C12H17N3O/c1-5-8(3)10-11(9(4)16)14-7-15-12(10)13-6-2/h6-8H,5H2,1-4H3. The van der Waals surface area contributed by atoms with Crippen molar-refractivity contribution in [1.29, 1.82) is 0 Å². The lowest BCUT2D eigenvalue weighted by molar-refractivity contribution is 0.101. The molecule has 0 saturated heterocycles. The van der Waals surface area contributed by atoms with Gasteiger partial charge in [0, 0.05) is 18.7 Å². The fourth-order valence-electron chi connectivity index (χ4n) is 1.55. The highest BCUT2D eigenvalue weighted by Gasteiger charge is 2.18. The van der Waals surface area contributed by atoms with Gasteiger partial charge in [0.15, 0.2) is 11.6 Å². The Balaban J connectivity index is 3.40. The Hall–Kier alpha value is -1.58. The van der Waals surface area contributed by atoms with Crippen LogP contribution in [-0.2, 0) is 0 Å². The molecule has 4 heteroatoms. The van der Waals surface area contributed by atoms with Crippen molar-refractivity contribution in [2.75, 3.05) is 0 Å². The van der Waals surface area contributed by atoms with Crippen molar-refractivity contribution in [3.05, 3.63) is 17.6 Å². The molecule has 0 aliphatic heterocycles. The molecule has 1 atom stereocenters. The van der Waals surface area contributed by atoms with Crippen LogP contribution in [0.4, 0.5) is 5.82 Å². The number of Topliss-reactive ketones (excluding diaryl/α,β-unsaturated/α-hetero) is 1. The van der Waals surface area contributed by atoms with Crippen LogP contribution in [0.2, 0.25) is 0 Å². The van der Waals surface area contributed by atoms with Crippen LogP contribution in [0.5, 0.6) is 0 Å². The maximum atomic E-state index is 11.5. The van der Waals surface area contributed by atoms with Crippen molar-refractivity contribution in [1.82, 2.24) is 9.97 Å². The Bertz CT molecular complexity index is 413. The molecule has 0 aromatic carbocycles. The van der Waals surface area contributed by atoms with E-state index in [1.165, 1.54) is 13.3 Å². The molecule has 1 rings (SSSR count). The molecule has 16 heavy (non-hydrogen) atoms. The lowest BCUT2D eigenvalue weighted by Gasteiger charge is -2.13. The maximum Gasteiger partial charge on any atom is 0.178 e. The van der Waals surface area contributed by atoms with Gasteiger partial charge < -0.3 is 0 Å². The summed E-state index contributed by atoms with van der Waals surface area (Å²) in [4.78, 5) is 23.9. The van der Waals surface area contributed by atoms with E-state index >= 15 is 0 Å². The molecule has 0 aliphatic rings. The minimum atomic E-state index is -0.0368. The van der Waals surface area contributed by atoms with Crippen LogP contribution in [0.25, 0.3) is 0 Å². The molecule has 4 nitrogen and oxygen atoms in total. The fraction of sp³-hybridized carbons (Fsp3) is 0.500. The van der Waals surface area contributed by atoms with Crippen LogP contribution in [-0.4, -0.2) is 22.0 Å². The number of hydrogen-bond acceptors (Lipinski definition) is 4. The Labute approximate surface area is 95.8 Å². The molecule has 1 heterocycles. The number of aliphatic imine (C=N–C) groups is 1. The third-order valence-corrected chi connectivity index (χ3v) is 2.55. The van der Waals surface area contributed by atoms with Crippen LogP contribution in [0.3, 0.4) is 0 Å². The number of nitrogens with zero attached hydrogens (tertiary/aromatic N) is 3. The van der Waals surface area contributed by atoms with E-state index < -0.39 is 0 Å². The fourth-order valence-corrected chi connectivity index (χ4v) is 1.55. The summed E-state index contributed by atoms with van der Waals surface area (Å²) in [6, 6.07) is 0. The molecule has 1 aromatic heterocycles. The van der Waals surface area contributed by atoms with Crippen molar-refractivity contribution < 1.29 is 4.79 Å². The molecule has 0 aliphatic carbocycles. The molecule has 86 valence electrons. The summed E-state index contributed by atoms with van der Waals surface area (Å²) in [5.74, 6) is 0.807. The number of aromatic nitrogens is 2. The van der Waals surface area contributed by atoms with Gasteiger partial charge >= 0.3 is 0 Å². The molecule has 0 bridgehead atoms. The first-order valence-corrected chi connectivity index (χ1v) is 5.46. The van der Waals surface area contributed by atoms with Gasteiger partial charge in [-0.05, 0) is 19.3 Å². The Morgan fingerprint density at radius 1 is 1.56 bits per heavy atom. The van der Waals surface area contributed by atoms with Crippen LogP contribution in [0, 0.1) is 0 Å². The zero-order valence-corrected chi connectivity index (χ0v) is 10.2. The lowest BCUT2D eigenvalue weighted by atomic mass is 9.96. The molecule has 0 N–H and O–H groups in total. The molecule has 1 unspecified atom stereocenters. The quantitative estimate of drug-likeness (QED) is 0.578. The summed E-state index contributed by atoms with van der Waals surface area (Å²) in [6.45, 7) is 7.48. The third-order valence-electron chi connectivity index (χ3n) is 2.55. The van der Waals surface area contributed by atoms with Gasteiger partial charge in [-0.3, -0.25) is 4.79 Å². The molecular formula is C12H17N3O. The highest BCUT2D eigenvalue weighted by atomic mass is 16.1. The van der Waals surface area contributed by atoms with Crippen molar-refractivity contribution in [3.63, 3.8) is 0 Å². The third kappa shape index (κ3) is 2.51. The first kappa shape index (κ1) is 12.5. The van der Waals surface area contributed by atoms with E-state index in [0.717, 1.165) is 12.0 Å². The number of carbonyl (C=O) groups is 1. The molecule has 0 amide bonds. The summed E-state index contributed by atoms with van der Waals surface area (Å²) >= 11 is 0. The van der Waals surface area contributed by atoms with Crippen LogP contribution in [0.15, 0.2) is 11.3 Å². The van der Waals surface area contributed by atoms with Crippen molar-refractivity contribution in [2.45, 2.75) is 40.0 Å². The van der Waals surface area contributed by atoms with E-state index in [4.69, 9.17) is 0 Å². The van der Waals surface area contributed by atoms with E-state index in [-0.39, 0.29) is 11.7 Å². The van der Waals surface area contributed by atoms with Gasteiger partial charge in [0.1, 0.15) is 12.0 Å². The van der Waals surface area contributed by atoms with E-state index in [1.54, 1.807) is 6.21 Å². The summed E-state index contributed by atoms with van der Waals surface area (Å²) in [5.41, 5.74) is 1.35. The first-order valence-electron chi connectivity index (χ1n) is 5.46. The van der Waals surface area contributed by atoms with Crippen molar-refractivity contribution >= 4 is 17.8 Å². The number of hydrogen-bond donors (Lipinski definition) is 0. The highest BCUT2D eigenvalue weighted by molar-refractivity contribution is 5.94. The summed E-state index contributed by atoms with van der Waals surface area (Å²) in [6.07, 6.45) is 4.00. The summed E-state index contributed by atoms with van der Waals surface area (Å²) in [5, 5.41) is 0. The number of carbonyl (C=O) groups excluding carboxylic acids is 1. The van der Waals surface area contributed by atoms with Crippen LogP contribution in [0.1, 0.15) is 56.1 Å². The molecular weight excluding hydrogens is 202 g/mol. The maximum absolute atomic E-state index is 11.5. The zero-order valence-electron chi connectivity index (χ0n) is 10.2. The molecule has 0 fully saturated rings. The number of ketones is 1. The molecule has 0 saturated carbocycles.